The minimum absolute atomic E-state index is 0.0325. The van der Waals surface area contributed by atoms with E-state index in [4.69, 9.17) is 32.3 Å². The molecule has 0 aromatic heterocycles. The number of hydrogen-bond donors (Lipinski definition) is 4. The molecule has 0 heterocycles. The second kappa shape index (κ2) is 70.8. The highest BCUT2D eigenvalue weighted by molar-refractivity contribution is 7.47. The fourth-order valence-corrected chi connectivity index (χ4v) is 10.5. The zero-order valence-corrected chi connectivity index (χ0v) is 61.5. The average molecular weight is 1400 g/mol. The van der Waals surface area contributed by atoms with Gasteiger partial charge in [-0.2, -0.15) is 0 Å². The Bertz CT molecular complexity index is 2440. The number of hydrogen-bond acceptors (Lipinski definition) is 14. The van der Waals surface area contributed by atoms with Gasteiger partial charge in [-0.05, 0) is 141 Å². The van der Waals surface area contributed by atoms with E-state index in [1.54, 1.807) is 0 Å². The first-order valence-electron chi connectivity index (χ1n) is 36.4. The number of rotatable bonds is 67. The van der Waals surface area contributed by atoms with Crippen molar-refractivity contribution < 1.29 is 75.8 Å². The van der Waals surface area contributed by atoms with E-state index in [0.717, 1.165) is 135 Å². The third-order valence-electron chi connectivity index (χ3n) is 14.4. The molecule has 0 fully saturated rings. The Morgan fingerprint density at radius 2 is 0.567 bits per heavy atom. The summed E-state index contributed by atoms with van der Waals surface area (Å²) in [6.45, 7) is 2.26. The summed E-state index contributed by atoms with van der Waals surface area (Å²) in [6, 6.07) is 0. The monoisotopic (exact) mass is 1390 g/mol. The van der Waals surface area contributed by atoms with E-state index in [9.17, 15) is 43.5 Å². The van der Waals surface area contributed by atoms with Crippen molar-refractivity contribution in [2.24, 2.45) is 0 Å². The van der Waals surface area contributed by atoms with Crippen molar-refractivity contribution in [3.63, 3.8) is 0 Å². The van der Waals surface area contributed by atoms with Crippen LogP contribution in [0.4, 0.5) is 0 Å². The molecule has 0 saturated carbocycles. The van der Waals surface area contributed by atoms with Gasteiger partial charge >= 0.3 is 33.6 Å². The van der Waals surface area contributed by atoms with Crippen LogP contribution in [0.5, 0.6) is 0 Å². The van der Waals surface area contributed by atoms with E-state index in [2.05, 4.69) is 173 Å². The molecule has 0 aliphatic carbocycles. The Morgan fingerprint density at radius 1 is 0.299 bits per heavy atom. The molecule has 0 bridgehead atoms. The molecule has 0 aromatic carbocycles. The normalized spacial score (nSPS) is 15.1. The van der Waals surface area contributed by atoms with Gasteiger partial charge in [0.15, 0.2) is 6.10 Å². The molecule has 0 radical (unpaired) electrons. The number of aliphatic hydroxyl groups excluding tert-OH is 2. The van der Waals surface area contributed by atoms with Crippen molar-refractivity contribution in [1.29, 1.82) is 0 Å². The molecule has 0 saturated heterocycles. The Morgan fingerprint density at radius 3 is 0.928 bits per heavy atom. The predicted octanol–water partition coefficient (Wildman–Crippen LogP) is 20.9. The number of esters is 3. The van der Waals surface area contributed by atoms with Gasteiger partial charge in [-0.1, -0.05) is 262 Å². The standard InChI is InChI=1S/C79H128O16P2/c1-4-7-10-13-16-19-22-25-28-31-33-34-35-36-37-38-40-43-44-47-50-53-56-59-62-65-77(82)89-68-74(80)69-91-96(85,86)92-70-75(81)71-93-97(87,88)94-73-76(95-79(84)67-64-61-58-55-52-49-46-41-30-27-24-21-18-15-12-9-6-3)72-90-78(83)66-63-60-57-54-51-48-45-42-39-32-29-26-23-20-17-14-11-8-5-2/h8-9,11-12,16-21,25-30,33-34,36-37,39,42,46,48-49,51,57,60,74-76,80-81H,4-7,10,13-15,22-24,31-32,35,38,40-41,43-45,47,50,52-56,58-59,61-73H2,1-3H3,(H,85,86)(H,87,88)/b11-8-,12-9-,19-16-,20-17-,21-18-,28-25-,29-26-,30-27-,34-33-,37-36-,42-39-,49-46-,51-48-,60-57-. The highest BCUT2D eigenvalue weighted by Crippen LogP contribution is 2.45. The van der Waals surface area contributed by atoms with E-state index in [0.29, 0.717) is 25.7 Å². The van der Waals surface area contributed by atoms with Gasteiger partial charge < -0.3 is 34.2 Å². The lowest BCUT2D eigenvalue weighted by atomic mass is 10.1. The van der Waals surface area contributed by atoms with E-state index < -0.39 is 91.5 Å². The molecule has 18 heteroatoms. The molecule has 16 nitrogen and oxygen atoms in total. The third kappa shape index (κ3) is 72.0. The zero-order chi connectivity index (χ0) is 70.9. The highest BCUT2D eigenvalue weighted by Gasteiger charge is 2.29. The van der Waals surface area contributed by atoms with Crippen LogP contribution in [0.3, 0.4) is 0 Å². The number of phosphoric ester groups is 2. The van der Waals surface area contributed by atoms with Crippen LogP contribution in [0.2, 0.25) is 0 Å². The fraction of sp³-hybridized carbons (Fsp3) is 0.608. The maximum atomic E-state index is 12.9. The zero-order valence-electron chi connectivity index (χ0n) is 59.7. The van der Waals surface area contributed by atoms with Gasteiger partial charge in [0.2, 0.25) is 0 Å². The number of ether oxygens (including phenoxy) is 3. The highest BCUT2D eigenvalue weighted by atomic mass is 31.2. The number of carbonyl (C=O) groups excluding carboxylic acids is 3. The fourth-order valence-electron chi connectivity index (χ4n) is 8.92. The topological polar surface area (TPSA) is 231 Å². The molecule has 0 aromatic rings. The first kappa shape index (κ1) is 91.9. The summed E-state index contributed by atoms with van der Waals surface area (Å²) >= 11 is 0. The van der Waals surface area contributed by atoms with E-state index in [1.807, 2.05) is 18.2 Å². The van der Waals surface area contributed by atoms with Crippen molar-refractivity contribution in [2.45, 2.75) is 270 Å². The lowest BCUT2D eigenvalue weighted by Crippen LogP contribution is -2.30. The van der Waals surface area contributed by atoms with Crippen LogP contribution in [-0.4, -0.2) is 95.9 Å². The second-order valence-corrected chi connectivity index (χ2v) is 26.5. The van der Waals surface area contributed by atoms with Crippen LogP contribution in [0, 0.1) is 0 Å². The van der Waals surface area contributed by atoms with Crippen LogP contribution in [-0.2, 0) is 55.8 Å². The van der Waals surface area contributed by atoms with E-state index >= 15 is 0 Å². The van der Waals surface area contributed by atoms with Gasteiger partial charge in [-0.3, -0.25) is 32.5 Å². The van der Waals surface area contributed by atoms with Gasteiger partial charge in [0, 0.05) is 19.3 Å². The molecular formula is C79H128O16P2. The Labute approximate surface area is 586 Å². The molecular weight excluding hydrogens is 1270 g/mol. The minimum atomic E-state index is -4.96. The average Bonchev–Trinajstić information content (AvgIpc) is 2.14. The molecule has 550 valence electrons. The molecule has 0 rings (SSSR count). The number of carbonyl (C=O) groups is 3. The second-order valence-electron chi connectivity index (χ2n) is 23.6. The molecule has 0 aliphatic rings. The first-order valence-corrected chi connectivity index (χ1v) is 39.4. The Kier molecular flexibility index (Phi) is 67.0. The largest absolute Gasteiger partial charge is 0.472 e. The lowest BCUT2D eigenvalue weighted by molar-refractivity contribution is -0.161. The predicted molar refractivity (Wildman–Crippen MR) is 398 cm³/mol. The van der Waals surface area contributed by atoms with Crippen LogP contribution in [0.1, 0.15) is 252 Å². The van der Waals surface area contributed by atoms with Gasteiger partial charge in [-0.25, -0.2) is 9.13 Å². The molecule has 5 unspecified atom stereocenters. The number of allylic oxidation sites excluding steroid dienone is 28. The Hall–Kier alpha value is -5.09. The van der Waals surface area contributed by atoms with Crippen LogP contribution in [0.15, 0.2) is 170 Å². The summed E-state index contributed by atoms with van der Waals surface area (Å²) in [5.41, 5.74) is 0. The maximum Gasteiger partial charge on any atom is 0.472 e. The first-order chi connectivity index (χ1) is 47.2. The minimum Gasteiger partial charge on any atom is -0.463 e. The number of aliphatic hydroxyl groups is 2. The van der Waals surface area contributed by atoms with E-state index in [-0.39, 0.29) is 19.3 Å². The molecule has 0 aliphatic heterocycles. The Balaban J connectivity index is 4.72. The smallest absolute Gasteiger partial charge is 0.463 e. The molecule has 0 amide bonds. The van der Waals surface area contributed by atoms with Crippen molar-refractivity contribution >= 4 is 33.6 Å². The van der Waals surface area contributed by atoms with Gasteiger partial charge in [0.25, 0.3) is 0 Å². The van der Waals surface area contributed by atoms with E-state index in [1.165, 1.54) is 51.4 Å². The quantitative estimate of drug-likeness (QED) is 0.0146. The summed E-state index contributed by atoms with van der Waals surface area (Å²) in [7, 11) is -9.83. The third-order valence-corrected chi connectivity index (χ3v) is 16.3. The molecule has 0 spiro atoms. The molecule has 97 heavy (non-hydrogen) atoms. The van der Waals surface area contributed by atoms with Crippen molar-refractivity contribution in [3.05, 3.63) is 170 Å². The SMILES string of the molecule is CC/C=C\C/C=C\C/C=C\C/C=C\C/C=C\C/C=C\CCC(=O)OCC(COP(=O)(O)OCC(O)COP(=O)(O)OCC(O)COC(=O)CCCCCCCCCCC/C=C\C/C=C\C/C=C\C/C=C\CCCCC)OC(=O)CCCCCC/C=C\C/C=C\C/C=C\C/C=C\CC. The lowest BCUT2D eigenvalue weighted by Gasteiger charge is -2.21. The van der Waals surface area contributed by atoms with Crippen molar-refractivity contribution in [2.75, 3.05) is 39.6 Å². The van der Waals surface area contributed by atoms with Crippen LogP contribution >= 0.6 is 15.6 Å². The molecule has 4 N–H and O–H groups in total. The number of phosphoric acid groups is 2. The van der Waals surface area contributed by atoms with Gasteiger partial charge in [0.05, 0.1) is 26.4 Å². The van der Waals surface area contributed by atoms with Crippen molar-refractivity contribution in [3.8, 4) is 0 Å². The molecule has 5 atom stereocenters. The van der Waals surface area contributed by atoms with Crippen molar-refractivity contribution in [1.82, 2.24) is 0 Å². The number of unbranched alkanes of at least 4 members (excludes halogenated alkanes) is 16. The summed E-state index contributed by atoms with van der Waals surface area (Å²) in [5.74, 6) is -1.72. The maximum absolute atomic E-state index is 12.9. The summed E-state index contributed by atoms with van der Waals surface area (Å²) in [4.78, 5) is 58.5. The summed E-state index contributed by atoms with van der Waals surface area (Å²) in [5, 5.41) is 20.6. The van der Waals surface area contributed by atoms with Crippen LogP contribution in [0.25, 0.3) is 0 Å². The van der Waals surface area contributed by atoms with Gasteiger partial charge in [0.1, 0.15) is 25.4 Å². The summed E-state index contributed by atoms with van der Waals surface area (Å²) in [6.07, 6.45) is 88.4. The summed E-state index contributed by atoms with van der Waals surface area (Å²) < 4.78 is 60.9. The van der Waals surface area contributed by atoms with Gasteiger partial charge in [-0.15, -0.1) is 0 Å². The van der Waals surface area contributed by atoms with Crippen LogP contribution < -0.4 is 0 Å².